The van der Waals surface area contributed by atoms with Crippen molar-refractivity contribution in [3.63, 3.8) is 0 Å². The first-order valence-electron chi connectivity index (χ1n) is 6.44. The Morgan fingerprint density at radius 2 is 1.95 bits per heavy atom. The monoisotopic (exact) mass is 299 g/mol. The number of rotatable bonds is 4. The molecule has 0 radical (unpaired) electrons. The summed E-state index contributed by atoms with van der Waals surface area (Å²) in [6.07, 6.45) is 1.62. The molecule has 22 heavy (non-hydrogen) atoms. The van der Waals surface area contributed by atoms with Crippen molar-refractivity contribution in [3.05, 3.63) is 42.1 Å². The average Bonchev–Trinajstić information content (AvgIpc) is 2.97. The number of aromatic carboxylic acids is 1. The molecule has 3 aromatic rings. The SMILES string of the molecule is COc1ccc(OC)c(-c2nnc3cc(C(=O)O)ccn23)c1. The van der Waals surface area contributed by atoms with Crippen LogP contribution < -0.4 is 9.47 Å². The largest absolute Gasteiger partial charge is 0.497 e. The zero-order valence-electron chi connectivity index (χ0n) is 12.0. The number of carboxylic acids is 1. The lowest BCUT2D eigenvalue weighted by Crippen LogP contribution is -1.99. The molecule has 7 nitrogen and oxygen atoms in total. The molecule has 0 fully saturated rings. The molecule has 0 bridgehead atoms. The maximum atomic E-state index is 11.0. The average molecular weight is 299 g/mol. The Morgan fingerprint density at radius 1 is 1.14 bits per heavy atom. The molecule has 112 valence electrons. The van der Waals surface area contributed by atoms with E-state index in [0.717, 1.165) is 0 Å². The third-order valence-electron chi connectivity index (χ3n) is 3.30. The fraction of sp³-hybridized carbons (Fsp3) is 0.133. The topological polar surface area (TPSA) is 86.0 Å². The van der Waals surface area contributed by atoms with Gasteiger partial charge in [-0.05, 0) is 30.3 Å². The van der Waals surface area contributed by atoms with Gasteiger partial charge in [0.2, 0.25) is 0 Å². The molecule has 2 heterocycles. The van der Waals surface area contributed by atoms with Crippen LogP contribution in [0.3, 0.4) is 0 Å². The van der Waals surface area contributed by atoms with Crippen molar-refractivity contribution in [3.8, 4) is 22.9 Å². The van der Waals surface area contributed by atoms with Gasteiger partial charge in [0.25, 0.3) is 0 Å². The van der Waals surface area contributed by atoms with Gasteiger partial charge in [0, 0.05) is 6.20 Å². The van der Waals surface area contributed by atoms with Crippen molar-refractivity contribution in [1.29, 1.82) is 0 Å². The molecule has 0 aliphatic rings. The molecule has 0 atom stereocenters. The first-order valence-corrected chi connectivity index (χ1v) is 6.44. The summed E-state index contributed by atoms with van der Waals surface area (Å²) in [7, 11) is 3.14. The van der Waals surface area contributed by atoms with Crippen molar-refractivity contribution in [1.82, 2.24) is 14.6 Å². The summed E-state index contributed by atoms with van der Waals surface area (Å²) in [6.45, 7) is 0. The number of carbonyl (C=O) groups is 1. The Balaban J connectivity index is 2.20. The van der Waals surface area contributed by atoms with Crippen molar-refractivity contribution in [2.75, 3.05) is 14.2 Å². The summed E-state index contributed by atoms with van der Waals surface area (Å²) in [4.78, 5) is 11.0. The Hall–Kier alpha value is -3.09. The predicted octanol–water partition coefficient (Wildman–Crippen LogP) is 2.11. The first kappa shape index (κ1) is 13.9. The second kappa shape index (κ2) is 5.36. The van der Waals surface area contributed by atoms with E-state index in [1.165, 1.54) is 12.1 Å². The highest BCUT2D eigenvalue weighted by Crippen LogP contribution is 2.32. The van der Waals surface area contributed by atoms with Gasteiger partial charge in [0.1, 0.15) is 11.5 Å². The summed E-state index contributed by atoms with van der Waals surface area (Å²) in [5.41, 5.74) is 1.31. The lowest BCUT2D eigenvalue weighted by atomic mass is 10.1. The number of ether oxygens (including phenoxy) is 2. The fourth-order valence-corrected chi connectivity index (χ4v) is 2.20. The zero-order chi connectivity index (χ0) is 15.7. The fourth-order valence-electron chi connectivity index (χ4n) is 2.20. The highest BCUT2D eigenvalue weighted by molar-refractivity contribution is 5.88. The van der Waals surface area contributed by atoms with Crippen molar-refractivity contribution >= 4 is 11.6 Å². The van der Waals surface area contributed by atoms with E-state index in [0.29, 0.717) is 28.5 Å². The summed E-state index contributed by atoms with van der Waals surface area (Å²) >= 11 is 0. The minimum atomic E-state index is -1.01. The van der Waals surface area contributed by atoms with Crippen molar-refractivity contribution in [2.45, 2.75) is 0 Å². The maximum Gasteiger partial charge on any atom is 0.335 e. The molecule has 0 aliphatic heterocycles. The molecule has 0 aliphatic carbocycles. The Labute approximate surface area is 125 Å². The summed E-state index contributed by atoms with van der Waals surface area (Å²) in [5.74, 6) is 0.820. The Kier molecular flexibility index (Phi) is 3.38. The van der Waals surface area contributed by atoms with E-state index >= 15 is 0 Å². The zero-order valence-corrected chi connectivity index (χ0v) is 12.0. The minimum absolute atomic E-state index is 0.157. The van der Waals surface area contributed by atoms with Crippen LogP contribution in [0.25, 0.3) is 17.0 Å². The van der Waals surface area contributed by atoms with Crippen LogP contribution in [0.5, 0.6) is 11.5 Å². The standard InChI is InChI=1S/C15H13N3O4/c1-21-10-3-4-12(22-2)11(8-10)14-17-16-13-7-9(15(19)20)5-6-18(13)14/h3-8H,1-2H3,(H,19,20). The molecular weight excluding hydrogens is 286 g/mol. The van der Waals surface area contributed by atoms with Gasteiger partial charge in [-0.2, -0.15) is 0 Å². The third-order valence-corrected chi connectivity index (χ3v) is 3.30. The molecule has 0 amide bonds. The van der Waals surface area contributed by atoms with Crippen LogP contribution in [0.15, 0.2) is 36.5 Å². The number of aromatic nitrogens is 3. The van der Waals surface area contributed by atoms with Crippen LogP contribution in [-0.2, 0) is 0 Å². The van der Waals surface area contributed by atoms with Crippen molar-refractivity contribution in [2.24, 2.45) is 0 Å². The number of hydrogen-bond acceptors (Lipinski definition) is 5. The minimum Gasteiger partial charge on any atom is -0.497 e. The summed E-state index contributed by atoms with van der Waals surface area (Å²) in [6, 6.07) is 8.32. The molecule has 3 rings (SSSR count). The Morgan fingerprint density at radius 3 is 2.64 bits per heavy atom. The summed E-state index contributed by atoms with van der Waals surface area (Å²) < 4.78 is 12.3. The van der Waals surface area contributed by atoms with Crippen LogP contribution in [0, 0.1) is 0 Å². The quantitative estimate of drug-likeness (QED) is 0.794. The number of methoxy groups -OCH3 is 2. The van der Waals surface area contributed by atoms with Gasteiger partial charge >= 0.3 is 5.97 Å². The van der Waals surface area contributed by atoms with E-state index in [4.69, 9.17) is 14.6 Å². The summed E-state index contributed by atoms with van der Waals surface area (Å²) in [5, 5.41) is 17.2. The number of hydrogen-bond donors (Lipinski definition) is 1. The van der Waals surface area contributed by atoms with Crippen LogP contribution in [0.1, 0.15) is 10.4 Å². The predicted molar refractivity (Wildman–Crippen MR) is 78.5 cm³/mol. The lowest BCUT2D eigenvalue weighted by molar-refractivity contribution is 0.0697. The molecule has 2 aromatic heterocycles. The van der Waals surface area contributed by atoms with E-state index in [1.54, 1.807) is 43.0 Å². The number of benzene rings is 1. The lowest BCUT2D eigenvalue weighted by Gasteiger charge is -2.09. The van der Waals surface area contributed by atoms with E-state index in [-0.39, 0.29) is 5.56 Å². The van der Waals surface area contributed by atoms with Gasteiger partial charge in [-0.25, -0.2) is 4.79 Å². The highest BCUT2D eigenvalue weighted by Gasteiger charge is 2.15. The normalized spacial score (nSPS) is 10.6. The number of carboxylic acid groups (broad SMARTS) is 1. The van der Waals surface area contributed by atoms with Gasteiger partial charge in [0.05, 0.1) is 25.3 Å². The van der Waals surface area contributed by atoms with E-state index in [1.807, 2.05) is 0 Å². The number of fused-ring (bicyclic) bond motifs is 1. The van der Waals surface area contributed by atoms with E-state index in [9.17, 15) is 4.79 Å². The number of pyridine rings is 1. The molecule has 0 spiro atoms. The second-order valence-corrected chi connectivity index (χ2v) is 4.54. The second-order valence-electron chi connectivity index (χ2n) is 4.54. The van der Waals surface area contributed by atoms with Crippen LogP contribution in [0.4, 0.5) is 0 Å². The van der Waals surface area contributed by atoms with Gasteiger partial charge in [-0.15, -0.1) is 10.2 Å². The van der Waals surface area contributed by atoms with E-state index in [2.05, 4.69) is 10.2 Å². The van der Waals surface area contributed by atoms with Crippen LogP contribution in [-0.4, -0.2) is 39.9 Å². The first-order chi connectivity index (χ1) is 10.6. The molecule has 7 heteroatoms. The van der Waals surface area contributed by atoms with Gasteiger partial charge in [-0.1, -0.05) is 0 Å². The molecule has 1 N–H and O–H groups in total. The molecule has 1 aromatic carbocycles. The maximum absolute atomic E-state index is 11.0. The Bertz CT molecular complexity index is 857. The number of nitrogens with zero attached hydrogens (tertiary/aromatic N) is 3. The molecule has 0 unspecified atom stereocenters. The molecular formula is C15H13N3O4. The molecule has 0 saturated heterocycles. The van der Waals surface area contributed by atoms with Crippen molar-refractivity contribution < 1.29 is 19.4 Å². The van der Waals surface area contributed by atoms with Gasteiger partial charge in [0.15, 0.2) is 11.5 Å². The highest BCUT2D eigenvalue weighted by atomic mass is 16.5. The van der Waals surface area contributed by atoms with Crippen LogP contribution >= 0.6 is 0 Å². The van der Waals surface area contributed by atoms with Gasteiger partial charge in [-0.3, -0.25) is 4.40 Å². The van der Waals surface area contributed by atoms with Crippen LogP contribution in [0.2, 0.25) is 0 Å². The molecule has 0 saturated carbocycles. The third kappa shape index (κ3) is 2.22. The smallest absolute Gasteiger partial charge is 0.335 e. The van der Waals surface area contributed by atoms with Gasteiger partial charge < -0.3 is 14.6 Å². The van der Waals surface area contributed by atoms with E-state index < -0.39 is 5.97 Å².